The predicted molar refractivity (Wildman–Crippen MR) is 100 cm³/mol. The molecule has 0 bridgehead atoms. The van der Waals surface area contributed by atoms with Gasteiger partial charge in [0.2, 0.25) is 0 Å². The summed E-state index contributed by atoms with van der Waals surface area (Å²) in [5, 5.41) is 0. The van der Waals surface area contributed by atoms with E-state index in [2.05, 4.69) is 85.5 Å². The minimum Gasteiger partial charge on any atom is -0.311 e. The Kier molecular flexibility index (Phi) is 4.97. The van der Waals surface area contributed by atoms with E-state index in [0.29, 0.717) is 0 Å². The molecule has 0 heterocycles. The van der Waals surface area contributed by atoms with Crippen LogP contribution in [-0.2, 0) is 6.42 Å². The third-order valence-electron chi connectivity index (χ3n) is 4.26. The minimum atomic E-state index is 1.11. The molecule has 118 valence electrons. The maximum Gasteiger partial charge on any atom is 0.0461 e. The molecule has 1 aliphatic rings. The van der Waals surface area contributed by atoms with Gasteiger partial charge in [0.1, 0.15) is 0 Å². The van der Waals surface area contributed by atoms with Crippen LogP contribution in [0.1, 0.15) is 37.3 Å². The Morgan fingerprint density at radius 3 is 2.09 bits per heavy atom. The first-order chi connectivity index (χ1) is 11.3. The molecule has 0 amide bonds. The Morgan fingerprint density at radius 1 is 0.870 bits per heavy atom. The zero-order valence-corrected chi connectivity index (χ0v) is 14.1. The van der Waals surface area contributed by atoms with Gasteiger partial charge in [0, 0.05) is 17.1 Å². The van der Waals surface area contributed by atoms with Crippen molar-refractivity contribution in [2.24, 2.45) is 0 Å². The van der Waals surface area contributed by atoms with Crippen molar-refractivity contribution in [1.82, 2.24) is 0 Å². The molecule has 23 heavy (non-hydrogen) atoms. The first-order valence-corrected chi connectivity index (χ1v) is 8.60. The lowest BCUT2D eigenvalue weighted by Gasteiger charge is -2.28. The van der Waals surface area contributed by atoms with E-state index in [0.717, 1.165) is 19.3 Å². The van der Waals surface area contributed by atoms with Gasteiger partial charge in [-0.05, 0) is 62.1 Å². The van der Waals surface area contributed by atoms with E-state index < -0.39 is 0 Å². The molecular weight excluding hydrogens is 278 g/mol. The van der Waals surface area contributed by atoms with E-state index in [4.69, 9.17) is 0 Å². The van der Waals surface area contributed by atoms with Gasteiger partial charge in [0.25, 0.3) is 0 Å². The van der Waals surface area contributed by atoms with E-state index in [1.54, 1.807) is 0 Å². The van der Waals surface area contributed by atoms with Crippen LogP contribution < -0.4 is 4.90 Å². The van der Waals surface area contributed by atoms with Gasteiger partial charge in [-0.25, -0.2) is 0 Å². The topological polar surface area (TPSA) is 3.24 Å². The van der Waals surface area contributed by atoms with E-state index in [1.807, 2.05) is 0 Å². The number of allylic oxidation sites excluding steroid dienone is 3. The first-order valence-electron chi connectivity index (χ1n) is 8.60. The third kappa shape index (κ3) is 3.73. The molecule has 0 saturated carbocycles. The molecule has 0 atom stereocenters. The quantitative estimate of drug-likeness (QED) is 0.624. The number of benzene rings is 2. The van der Waals surface area contributed by atoms with Crippen molar-refractivity contribution < 1.29 is 0 Å². The number of anilines is 2. The van der Waals surface area contributed by atoms with Gasteiger partial charge in [0.15, 0.2) is 0 Å². The van der Waals surface area contributed by atoms with Gasteiger partial charge < -0.3 is 4.90 Å². The molecule has 1 aliphatic carbocycles. The highest BCUT2D eigenvalue weighted by atomic mass is 15.1. The van der Waals surface area contributed by atoms with Crippen molar-refractivity contribution in [1.29, 1.82) is 0 Å². The molecule has 0 aromatic heterocycles. The average molecular weight is 303 g/mol. The highest BCUT2D eigenvalue weighted by Gasteiger charge is 2.14. The molecule has 0 unspecified atom stereocenters. The van der Waals surface area contributed by atoms with Crippen LogP contribution in [0.5, 0.6) is 0 Å². The number of hydrogen-bond donors (Lipinski definition) is 0. The Balaban J connectivity index is 1.99. The van der Waals surface area contributed by atoms with Crippen molar-refractivity contribution in [3.63, 3.8) is 0 Å². The van der Waals surface area contributed by atoms with Crippen LogP contribution in [0, 0.1) is 6.92 Å². The third-order valence-corrected chi connectivity index (χ3v) is 4.26. The van der Waals surface area contributed by atoms with Crippen LogP contribution in [0.15, 0.2) is 72.5 Å². The molecule has 0 aliphatic heterocycles. The number of nitrogens with zero attached hydrogens (tertiary/aromatic N) is 1. The highest BCUT2D eigenvalue weighted by molar-refractivity contribution is 5.70. The zero-order valence-electron chi connectivity index (χ0n) is 14.1. The normalized spacial score (nSPS) is 13.7. The Labute approximate surface area is 140 Å². The van der Waals surface area contributed by atoms with Gasteiger partial charge in [0.05, 0.1) is 0 Å². The molecule has 0 spiro atoms. The largest absolute Gasteiger partial charge is 0.311 e. The van der Waals surface area contributed by atoms with Gasteiger partial charge in [-0.1, -0.05) is 55.3 Å². The summed E-state index contributed by atoms with van der Waals surface area (Å²) in [4.78, 5) is 2.35. The van der Waals surface area contributed by atoms with Crippen LogP contribution in [0.4, 0.5) is 11.4 Å². The van der Waals surface area contributed by atoms with E-state index >= 15 is 0 Å². The molecular formula is C22H25N. The van der Waals surface area contributed by atoms with E-state index in [-0.39, 0.29) is 0 Å². The van der Waals surface area contributed by atoms with Crippen molar-refractivity contribution >= 4 is 11.4 Å². The summed E-state index contributed by atoms with van der Waals surface area (Å²) < 4.78 is 0. The maximum atomic E-state index is 2.35. The molecule has 2 aromatic rings. The van der Waals surface area contributed by atoms with Crippen LogP contribution in [0.2, 0.25) is 0 Å². The van der Waals surface area contributed by atoms with Gasteiger partial charge in [-0.15, -0.1) is 0 Å². The molecule has 0 fully saturated rings. The second-order valence-corrected chi connectivity index (χ2v) is 6.20. The Bertz CT molecular complexity index is 690. The van der Waals surface area contributed by atoms with Crippen LogP contribution >= 0.6 is 0 Å². The van der Waals surface area contributed by atoms with Gasteiger partial charge >= 0.3 is 0 Å². The van der Waals surface area contributed by atoms with Crippen LogP contribution in [0.3, 0.4) is 0 Å². The summed E-state index contributed by atoms with van der Waals surface area (Å²) >= 11 is 0. The van der Waals surface area contributed by atoms with Gasteiger partial charge in [-0.3, -0.25) is 0 Å². The fourth-order valence-electron chi connectivity index (χ4n) is 3.01. The summed E-state index contributed by atoms with van der Waals surface area (Å²) in [6.45, 7) is 4.36. The van der Waals surface area contributed by atoms with E-state index in [9.17, 15) is 0 Å². The lowest BCUT2D eigenvalue weighted by molar-refractivity contribution is 0.921. The molecule has 0 N–H and O–H groups in total. The molecule has 2 aromatic carbocycles. The number of rotatable bonds is 5. The number of aryl methyl sites for hydroxylation is 2. The first kappa shape index (κ1) is 15.6. The lowest BCUT2D eigenvalue weighted by Crippen LogP contribution is -2.16. The van der Waals surface area contributed by atoms with Crippen molar-refractivity contribution in [3.8, 4) is 0 Å². The van der Waals surface area contributed by atoms with Crippen LogP contribution in [0.25, 0.3) is 0 Å². The van der Waals surface area contributed by atoms with Crippen molar-refractivity contribution in [2.75, 3.05) is 4.90 Å². The second-order valence-electron chi connectivity index (χ2n) is 6.20. The van der Waals surface area contributed by atoms with Gasteiger partial charge in [-0.2, -0.15) is 0 Å². The fraction of sp³-hybridized carbons (Fsp3) is 0.273. The zero-order chi connectivity index (χ0) is 16.1. The standard InChI is InChI=1S/C22H25N/c1-3-7-19-12-16-22(17-13-19)23(20-8-5-4-6-9-20)21-14-10-18(2)11-15-21/h5,8-17H,3-4,6-7H2,1-2H3. The maximum absolute atomic E-state index is 2.35. The molecule has 1 nitrogen and oxygen atoms in total. The second kappa shape index (κ2) is 7.32. The Morgan fingerprint density at radius 2 is 1.52 bits per heavy atom. The fourth-order valence-corrected chi connectivity index (χ4v) is 3.01. The predicted octanol–water partition coefficient (Wildman–Crippen LogP) is 6.32. The minimum absolute atomic E-state index is 1.11. The van der Waals surface area contributed by atoms with Crippen molar-refractivity contribution in [3.05, 3.63) is 83.6 Å². The number of hydrogen-bond acceptors (Lipinski definition) is 1. The monoisotopic (exact) mass is 303 g/mol. The summed E-state index contributed by atoms with van der Waals surface area (Å²) in [7, 11) is 0. The summed E-state index contributed by atoms with van der Waals surface area (Å²) in [5.74, 6) is 0. The summed E-state index contributed by atoms with van der Waals surface area (Å²) in [5.41, 5.74) is 6.42. The lowest BCUT2D eigenvalue weighted by atomic mass is 10.1. The van der Waals surface area contributed by atoms with Crippen molar-refractivity contribution in [2.45, 2.75) is 39.5 Å². The average Bonchev–Trinajstić information content (AvgIpc) is 2.60. The summed E-state index contributed by atoms with van der Waals surface area (Å²) in [6.07, 6.45) is 11.4. The summed E-state index contributed by atoms with van der Waals surface area (Å²) in [6, 6.07) is 17.8. The Hall–Kier alpha value is -2.28. The molecule has 3 rings (SSSR count). The smallest absolute Gasteiger partial charge is 0.0461 e. The van der Waals surface area contributed by atoms with Crippen LogP contribution in [-0.4, -0.2) is 0 Å². The van der Waals surface area contributed by atoms with E-state index in [1.165, 1.54) is 34.6 Å². The highest BCUT2D eigenvalue weighted by Crippen LogP contribution is 2.32. The molecule has 1 heteroatoms. The molecule has 0 saturated heterocycles. The molecule has 0 radical (unpaired) electrons. The SMILES string of the molecule is CCCc1ccc(N(C2=CCCC=C2)c2ccc(C)cc2)cc1.